The largest absolute Gasteiger partial charge is 0.497 e. The van der Waals surface area contributed by atoms with Gasteiger partial charge in [-0.25, -0.2) is 9.97 Å². The zero-order valence-electron chi connectivity index (χ0n) is 15.6. The molecule has 1 aromatic carbocycles. The van der Waals surface area contributed by atoms with Crippen LogP contribution < -0.4 is 10.1 Å². The minimum Gasteiger partial charge on any atom is -0.497 e. The fraction of sp³-hybridized carbons (Fsp3) is 0.500. The van der Waals surface area contributed by atoms with Crippen LogP contribution in [0.25, 0.3) is 11.3 Å². The van der Waals surface area contributed by atoms with Crippen LogP contribution in [0.2, 0.25) is 0 Å². The fourth-order valence-corrected chi connectivity index (χ4v) is 3.20. The van der Waals surface area contributed by atoms with E-state index in [2.05, 4.69) is 32.2 Å². The van der Waals surface area contributed by atoms with Crippen LogP contribution in [0.4, 0.5) is 5.82 Å². The Hall–Kier alpha value is -2.14. The summed E-state index contributed by atoms with van der Waals surface area (Å²) < 4.78 is 10.8. The predicted molar refractivity (Wildman–Crippen MR) is 100 cm³/mol. The van der Waals surface area contributed by atoms with Gasteiger partial charge in [0.15, 0.2) is 0 Å². The van der Waals surface area contributed by atoms with E-state index in [9.17, 15) is 0 Å². The summed E-state index contributed by atoms with van der Waals surface area (Å²) in [6.07, 6.45) is 2.70. The van der Waals surface area contributed by atoms with Gasteiger partial charge in [-0.05, 0) is 49.9 Å². The molecule has 1 fully saturated rings. The molecule has 0 radical (unpaired) electrons. The number of hydrogen-bond donors (Lipinski definition) is 1. The molecule has 1 saturated heterocycles. The molecule has 0 aliphatic carbocycles. The van der Waals surface area contributed by atoms with Gasteiger partial charge >= 0.3 is 0 Å². The molecule has 0 amide bonds. The summed E-state index contributed by atoms with van der Waals surface area (Å²) in [5.41, 5.74) is 5.28. The van der Waals surface area contributed by atoms with Gasteiger partial charge in [-0.1, -0.05) is 13.8 Å². The summed E-state index contributed by atoms with van der Waals surface area (Å²) in [7, 11) is 1.69. The Labute approximate surface area is 149 Å². The maximum absolute atomic E-state index is 5.47. The van der Waals surface area contributed by atoms with Crippen molar-refractivity contribution in [2.45, 2.75) is 46.1 Å². The lowest BCUT2D eigenvalue weighted by Crippen LogP contribution is -2.22. The topological polar surface area (TPSA) is 56.3 Å². The van der Waals surface area contributed by atoms with Crippen LogP contribution in [0.1, 0.15) is 37.2 Å². The van der Waals surface area contributed by atoms with Gasteiger partial charge in [-0.3, -0.25) is 0 Å². The maximum atomic E-state index is 5.47. The zero-order valence-corrected chi connectivity index (χ0v) is 15.6. The molecular weight excluding hydrogens is 314 g/mol. The Morgan fingerprint density at radius 3 is 2.60 bits per heavy atom. The number of nitrogens with zero attached hydrogens (tertiary/aromatic N) is 2. The van der Waals surface area contributed by atoms with E-state index in [4.69, 9.17) is 19.4 Å². The van der Waals surface area contributed by atoms with Crippen LogP contribution in [0.15, 0.2) is 18.2 Å². The minimum absolute atomic E-state index is 0.331. The number of benzene rings is 1. The first-order valence-corrected chi connectivity index (χ1v) is 9.05. The lowest BCUT2D eigenvalue weighted by Gasteiger charge is -2.18. The molecule has 1 aliphatic heterocycles. The Morgan fingerprint density at radius 1 is 1.20 bits per heavy atom. The van der Waals surface area contributed by atoms with E-state index < -0.39 is 0 Å². The molecule has 1 aromatic heterocycles. The van der Waals surface area contributed by atoms with E-state index in [1.54, 1.807) is 7.11 Å². The number of methoxy groups -OCH3 is 1. The van der Waals surface area contributed by atoms with E-state index in [1.807, 2.05) is 12.1 Å². The summed E-state index contributed by atoms with van der Waals surface area (Å²) >= 11 is 0. The predicted octanol–water partition coefficient (Wildman–Crippen LogP) is 3.79. The van der Waals surface area contributed by atoms with Crippen molar-refractivity contribution in [1.82, 2.24) is 9.97 Å². The van der Waals surface area contributed by atoms with Crippen molar-refractivity contribution in [2.24, 2.45) is 0 Å². The van der Waals surface area contributed by atoms with E-state index in [1.165, 1.54) is 0 Å². The molecule has 1 atom stereocenters. The number of rotatable bonds is 6. The maximum Gasteiger partial charge on any atom is 0.148 e. The average Bonchev–Trinajstić information content (AvgIpc) is 3.14. The number of aryl methyl sites for hydroxylation is 3. The first-order chi connectivity index (χ1) is 12.2. The molecule has 5 nitrogen and oxygen atoms in total. The third-order valence-electron chi connectivity index (χ3n) is 4.67. The highest BCUT2D eigenvalue weighted by Crippen LogP contribution is 2.30. The Kier molecular flexibility index (Phi) is 5.53. The first-order valence-electron chi connectivity index (χ1n) is 9.05. The number of ether oxygens (including phenoxy) is 2. The van der Waals surface area contributed by atoms with Crippen LogP contribution in [0.5, 0.6) is 5.75 Å². The van der Waals surface area contributed by atoms with Crippen molar-refractivity contribution in [3.05, 3.63) is 35.2 Å². The van der Waals surface area contributed by atoms with Gasteiger partial charge in [0.25, 0.3) is 0 Å². The number of hydrogen-bond acceptors (Lipinski definition) is 5. The quantitative estimate of drug-likeness (QED) is 0.866. The van der Waals surface area contributed by atoms with Crippen LogP contribution in [-0.2, 0) is 17.6 Å². The van der Waals surface area contributed by atoms with Crippen LogP contribution >= 0.6 is 0 Å². The zero-order chi connectivity index (χ0) is 17.8. The molecule has 5 heteroatoms. The van der Waals surface area contributed by atoms with E-state index in [-0.39, 0.29) is 0 Å². The normalized spacial score (nSPS) is 16.9. The average molecular weight is 341 g/mol. The van der Waals surface area contributed by atoms with Crippen molar-refractivity contribution < 1.29 is 9.47 Å². The molecule has 2 aromatic rings. The SMILES string of the molecule is CCc1nc(-c2ccc(OC)cc2C)c(CC)nc1NC1CCOC1. The number of aromatic nitrogens is 2. The first kappa shape index (κ1) is 17.7. The molecule has 0 bridgehead atoms. The summed E-state index contributed by atoms with van der Waals surface area (Å²) in [5.74, 6) is 1.77. The molecule has 0 spiro atoms. The molecule has 1 unspecified atom stereocenters. The van der Waals surface area contributed by atoms with Crippen molar-refractivity contribution in [3.8, 4) is 17.0 Å². The van der Waals surface area contributed by atoms with Gasteiger partial charge in [0.05, 0.1) is 36.8 Å². The van der Waals surface area contributed by atoms with Gasteiger partial charge in [0.1, 0.15) is 11.6 Å². The number of nitrogens with one attached hydrogen (secondary N) is 1. The molecule has 25 heavy (non-hydrogen) atoms. The molecule has 0 saturated carbocycles. The van der Waals surface area contributed by atoms with Crippen LogP contribution in [0.3, 0.4) is 0 Å². The monoisotopic (exact) mass is 341 g/mol. The van der Waals surface area contributed by atoms with Gasteiger partial charge in [-0.2, -0.15) is 0 Å². The Morgan fingerprint density at radius 2 is 2.00 bits per heavy atom. The fourth-order valence-electron chi connectivity index (χ4n) is 3.20. The molecule has 3 rings (SSSR count). The van der Waals surface area contributed by atoms with Crippen molar-refractivity contribution >= 4 is 5.82 Å². The standard InChI is InChI=1S/C20H27N3O2/c1-5-17-19(16-8-7-15(24-4)11-13(16)3)22-18(6-2)20(23-17)21-14-9-10-25-12-14/h7-8,11,14H,5-6,9-10,12H2,1-4H3,(H,21,23). The Bertz CT molecular complexity index is 740. The van der Waals surface area contributed by atoms with Crippen molar-refractivity contribution in [2.75, 3.05) is 25.6 Å². The molecule has 1 aliphatic rings. The third-order valence-corrected chi connectivity index (χ3v) is 4.67. The Balaban J connectivity index is 2.01. The highest BCUT2D eigenvalue weighted by atomic mass is 16.5. The van der Waals surface area contributed by atoms with Crippen LogP contribution in [0, 0.1) is 6.92 Å². The molecule has 134 valence electrons. The molecular formula is C20H27N3O2. The lowest BCUT2D eigenvalue weighted by atomic mass is 10.0. The van der Waals surface area contributed by atoms with Gasteiger partial charge in [0.2, 0.25) is 0 Å². The summed E-state index contributed by atoms with van der Waals surface area (Å²) in [4.78, 5) is 9.91. The second-order valence-corrected chi connectivity index (χ2v) is 6.41. The second kappa shape index (κ2) is 7.83. The van der Waals surface area contributed by atoms with Gasteiger partial charge < -0.3 is 14.8 Å². The van der Waals surface area contributed by atoms with Crippen LogP contribution in [-0.4, -0.2) is 36.3 Å². The van der Waals surface area contributed by atoms with E-state index in [0.29, 0.717) is 6.04 Å². The van der Waals surface area contributed by atoms with Crippen molar-refractivity contribution in [3.63, 3.8) is 0 Å². The highest BCUT2D eigenvalue weighted by Gasteiger charge is 2.20. The lowest BCUT2D eigenvalue weighted by molar-refractivity contribution is 0.195. The number of anilines is 1. The summed E-state index contributed by atoms with van der Waals surface area (Å²) in [6, 6.07) is 6.44. The molecule has 1 N–H and O–H groups in total. The summed E-state index contributed by atoms with van der Waals surface area (Å²) in [6.45, 7) is 7.89. The van der Waals surface area contributed by atoms with Gasteiger partial charge in [-0.15, -0.1) is 0 Å². The second-order valence-electron chi connectivity index (χ2n) is 6.41. The smallest absolute Gasteiger partial charge is 0.148 e. The third kappa shape index (κ3) is 3.76. The summed E-state index contributed by atoms with van der Waals surface area (Å²) in [5, 5.41) is 3.53. The van der Waals surface area contributed by atoms with Crippen molar-refractivity contribution in [1.29, 1.82) is 0 Å². The van der Waals surface area contributed by atoms with E-state index in [0.717, 1.165) is 72.3 Å². The van der Waals surface area contributed by atoms with Gasteiger partial charge in [0, 0.05) is 12.2 Å². The highest BCUT2D eigenvalue weighted by molar-refractivity contribution is 5.68. The minimum atomic E-state index is 0.331. The van der Waals surface area contributed by atoms with E-state index >= 15 is 0 Å². The molecule has 2 heterocycles.